The Hall–Kier alpha value is -4.18. The molecule has 162 valence electrons. The van der Waals surface area contributed by atoms with Gasteiger partial charge in [0.2, 0.25) is 5.91 Å². The number of benzene rings is 3. The van der Waals surface area contributed by atoms with E-state index in [1.165, 1.54) is 31.3 Å². The summed E-state index contributed by atoms with van der Waals surface area (Å²) in [5, 5.41) is 27.8. The van der Waals surface area contributed by atoms with E-state index in [1.54, 1.807) is 48.5 Å². The molecule has 9 nitrogen and oxygen atoms in total. The van der Waals surface area contributed by atoms with Gasteiger partial charge in [-0.05, 0) is 30.3 Å². The normalized spacial score (nSPS) is 10.7. The lowest BCUT2D eigenvalue weighted by Crippen LogP contribution is -2.17. The number of nitro groups is 1. The molecule has 0 saturated carbocycles. The van der Waals surface area contributed by atoms with Crippen LogP contribution < -0.4 is 10.7 Å². The van der Waals surface area contributed by atoms with Crippen LogP contribution in [0.25, 0.3) is 0 Å². The van der Waals surface area contributed by atoms with E-state index >= 15 is 0 Å². The molecule has 0 aliphatic heterocycles. The highest BCUT2D eigenvalue weighted by Crippen LogP contribution is 2.38. The first-order chi connectivity index (χ1) is 15.3. The van der Waals surface area contributed by atoms with Crippen LogP contribution in [0.1, 0.15) is 22.8 Å². The van der Waals surface area contributed by atoms with Crippen LogP contribution in [0, 0.1) is 10.1 Å². The van der Waals surface area contributed by atoms with Crippen LogP contribution in [0.2, 0.25) is 0 Å². The Morgan fingerprint density at radius 3 is 2.50 bits per heavy atom. The molecule has 0 unspecified atom stereocenters. The van der Waals surface area contributed by atoms with Crippen molar-refractivity contribution >= 4 is 41.2 Å². The van der Waals surface area contributed by atoms with Crippen molar-refractivity contribution in [2.24, 2.45) is 5.10 Å². The molecule has 0 atom stereocenters. The SMILES string of the molecule is CC(=O)Nc1ccccc1Sc1ccc(/C=N/NC(=O)c2ccccc2O)cc1[N+](=O)[O-]. The highest BCUT2D eigenvalue weighted by atomic mass is 32.2. The maximum atomic E-state index is 12.1. The molecule has 3 N–H and O–H groups in total. The lowest BCUT2D eigenvalue weighted by Gasteiger charge is -2.10. The first-order valence-electron chi connectivity index (χ1n) is 9.29. The van der Waals surface area contributed by atoms with Crippen LogP contribution in [0.3, 0.4) is 0 Å². The first-order valence-corrected chi connectivity index (χ1v) is 10.1. The number of aromatic hydroxyl groups is 1. The number of carbonyl (C=O) groups excluding carboxylic acids is 2. The summed E-state index contributed by atoms with van der Waals surface area (Å²) in [5.74, 6) is -1.04. The molecule has 0 heterocycles. The maximum absolute atomic E-state index is 12.1. The van der Waals surface area contributed by atoms with Crippen molar-refractivity contribution in [3.05, 3.63) is 88.0 Å². The lowest BCUT2D eigenvalue weighted by molar-refractivity contribution is -0.387. The molecule has 0 bridgehead atoms. The number of hydrazone groups is 1. The molecule has 0 radical (unpaired) electrons. The molecular formula is C22H18N4O5S. The van der Waals surface area contributed by atoms with Gasteiger partial charge in [-0.2, -0.15) is 5.10 Å². The van der Waals surface area contributed by atoms with Crippen LogP contribution in [0.5, 0.6) is 5.75 Å². The van der Waals surface area contributed by atoms with E-state index in [0.717, 1.165) is 11.8 Å². The molecular weight excluding hydrogens is 432 g/mol. The summed E-state index contributed by atoms with van der Waals surface area (Å²) >= 11 is 1.15. The van der Waals surface area contributed by atoms with Crippen molar-refractivity contribution in [3.63, 3.8) is 0 Å². The Morgan fingerprint density at radius 1 is 1.06 bits per heavy atom. The summed E-state index contributed by atoms with van der Waals surface area (Å²) in [4.78, 5) is 35.6. The number of amides is 2. The third-order valence-electron chi connectivity index (χ3n) is 4.13. The second-order valence-electron chi connectivity index (χ2n) is 6.48. The molecule has 3 aromatic carbocycles. The number of phenolic OH excluding ortho intramolecular Hbond substituents is 1. The average Bonchev–Trinajstić information content (AvgIpc) is 2.75. The number of nitrogens with one attached hydrogen (secondary N) is 2. The number of nitrogens with zero attached hydrogens (tertiary/aromatic N) is 2. The predicted molar refractivity (Wildman–Crippen MR) is 121 cm³/mol. The summed E-state index contributed by atoms with van der Waals surface area (Å²) in [6.07, 6.45) is 1.27. The standard InChI is InChI=1S/C22H18N4O5S/c1-14(27)24-17-7-3-5-9-20(17)32-21-11-10-15(12-18(21)26(30)31)13-23-25-22(29)16-6-2-4-8-19(16)28/h2-13,28H,1H3,(H,24,27)(H,25,29)/b23-13+. The summed E-state index contributed by atoms with van der Waals surface area (Å²) in [7, 11) is 0. The van der Waals surface area contributed by atoms with Gasteiger partial charge in [-0.1, -0.05) is 42.1 Å². The van der Waals surface area contributed by atoms with Crippen LogP contribution >= 0.6 is 11.8 Å². The number of hydrogen-bond acceptors (Lipinski definition) is 7. The van der Waals surface area contributed by atoms with Gasteiger partial charge in [0.05, 0.1) is 27.3 Å². The van der Waals surface area contributed by atoms with E-state index in [0.29, 0.717) is 21.0 Å². The van der Waals surface area contributed by atoms with E-state index in [1.807, 2.05) is 0 Å². The van der Waals surface area contributed by atoms with Crippen LogP contribution in [0.4, 0.5) is 11.4 Å². The third-order valence-corrected chi connectivity index (χ3v) is 5.27. The highest BCUT2D eigenvalue weighted by Gasteiger charge is 2.17. The fraction of sp³-hybridized carbons (Fsp3) is 0.0455. The molecule has 0 saturated heterocycles. The van der Waals surface area contributed by atoms with Crippen molar-refractivity contribution in [1.82, 2.24) is 5.43 Å². The molecule has 2 amide bonds. The van der Waals surface area contributed by atoms with Gasteiger partial charge in [0.15, 0.2) is 0 Å². The fourth-order valence-corrected chi connectivity index (χ4v) is 3.69. The molecule has 0 aromatic heterocycles. The van der Waals surface area contributed by atoms with Gasteiger partial charge in [-0.25, -0.2) is 5.43 Å². The number of anilines is 1. The van der Waals surface area contributed by atoms with Gasteiger partial charge >= 0.3 is 0 Å². The summed E-state index contributed by atoms with van der Waals surface area (Å²) < 4.78 is 0. The zero-order chi connectivity index (χ0) is 23.1. The quantitative estimate of drug-likeness (QED) is 0.281. The smallest absolute Gasteiger partial charge is 0.283 e. The molecule has 3 rings (SSSR count). The zero-order valence-electron chi connectivity index (χ0n) is 16.8. The number of para-hydroxylation sites is 2. The maximum Gasteiger partial charge on any atom is 0.283 e. The molecule has 0 fully saturated rings. The van der Waals surface area contributed by atoms with Crippen molar-refractivity contribution in [1.29, 1.82) is 0 Å². The van der Waals surface area contributed by atoms with E-state index in [2.05, 4.69) is 15.8 Å². The van der Waals surface area contributed by atoms with Crippen molar-refractivity contribution in [3.8, 4) is 5.75 Å². The first kappa shape index (κ1) is 22.5. The van der Waals surface area contributed by atoms with E-state index in [4.69, 9.17) is 0 Å². The lowest BCUT2D eigenvalue weighted by atomic mass is 10.2. The number of hydrogen-bond donors (Lipinski definition) is 3. The highest BCUT2D eigenvalue weighted by molar-refractivity contribution is 7.99. The predicted octanol–water partition coefficient (Wildman–Crippen LogP) is 4.17. The third kappa shape index (κ3) is 5.70. The number of carbonyl (C=O) groups is 2. The molecule has 10 heteroatoms. The van der Waals surface area contributed by atoms with Crippen LogP contribution in [-0.2, 0) is 4.79 Å². The Kier molecular flexibility index (Phi) is 7.19. The average molecular weight is 450 g/mol. The minimum atomic E-state index is -0.615. The number of rotatable bonds is 7. The molecule has 0 aliphatic carbocycles. The van der Waals surface area contributed by atoms with Gasteiger partial charge < -0.3 is 10.4 Å². The minimum Gasteiger partial charge on any atom is -0.507 e. The van der Waals surface area contributed by atoms with Crippen LogP contribution in [0.15, 0.2) is 81.6 Å². The zero-order valence-corrected chi connectivity index (χ0v) is 17.6. The van der Waals surface area contributed by atoms with Crippen molar-refractivity contribution in [2.75, 3.05) is 5.32 Å². The summed E-state index contributed by atoms with van der Waals surface area (Å²) in [5.41, 5.74) is 3.13. The van der Waals surface area contributed by atoms with Crippen molar-refractivity contribution in [2.45, 2.75) is 16.7 Å². The van der Waals surface area contributed by atoms with E-state index < -0.39 is 10.8 Å². The Bertz CT molecular complexity index is 1210. The fourth-order valence-electron chi connectivity index (χ4n) is 2.70. The van der Waals surface area contributed by atoms with E-state index in [9.17, 15) is 24.8 Å². The van der Waals surface area contributed by atoms with Gasteiger partial charge in [0.25, 0.3) is 11.6 Å². The van der Waals surface area contributed by atoms with Crippen molar-refractivity contribution < 1.29 is 19.6 Å². The monoisotopic (exact) mass is 450 g/mol. The second kappa shape index (κ2) is 10.2. The number of phenols is 1. The van der Waals surface area contributed by atoms with Gasteiger partial charge in [-0.3, -0.25) is 19.7 Å². The Balaban J connectivity index is 1.79. The molecule has 3 aromatic rings. The summed E-state index contributed by atoms with van der Waals surface area (Å²) in [6.45, 7) is 1.38. The van der Waals surface area contributed by atoms with E-state index in [-0.39, 0.29) is 22.9 Å². The van der Waals surface area contributed by atoms with Crippen LogP contribution in [-0.4, -0.2) is 28.1 Å². The topological polar surface area (TPSA) is 134 Å². The van der Waals surface area contributed by atoms with Gasteiger partial charge in [0.1, 0.15) is 5.75 Å². The molecule has 0 spiro atoms. The largest absolute Gasteiger partial charge is 0.507 e. The molecule has 0 aliphatic rings. The Morgan fingerprint density at radius 2 is 1.78 bits per heavy atom. The van der Waals surface area contributed by atoms with Gasteiger partial charge in [-0.15, -0.1) is 0 Å². The Labute approximate surface area is 187 Å². The second-order valence-corrected chi connectivity index (χ2v) is 7.56. The van der Waals surface area contributed by atoms with Gasteiger partial charge in [0, 0.05) is 23.4 Å². The summed E-state index contributed by atoms with van der Waals surface area (Å²) in [6, 6.07) is 17.5. The molecule has 32 heavy (non-hydrogen) atoms. The number of nitro benzene ring substituents is 1. The minimum absolute atomic E-state index is 0.0558.